The van der Waals surface area contributed by atoms with Crippen LogP contribution in [0.5, 0.6) is 5.75 Å². The second kappa shape index (κ2) is 5.85. The number of rotatable bonds is 4. The van der Waals surface area contributed by atoms with Crippen molar-refractivity contribution in [3.05, 3.63) is 52.5 Å². The van der Waals surface area contributed by atoms with E-state index in [4.69, 9.17) is 10.5 Å². The monoisotopic (exact) mass is 355 g/mol. The van der Waals surface area contributed by atoms with E-state index in [9.17, 15) is 8.42 Å². The van der Waals surface area contributed by atoms with Crippen LogP contribution >= 0.6 is 15.9 Å². The maximum Gasteiger partial charge on any atom is 0.182 e. The van der Waals surface area contributed by atoms with Crippen LogP contribution in [-0.2, 0) is 15.6 Å². The first kappa shape index (κ1) is 14.9. The molecule has 106 valence electrons. The minimum absolute atomic E-state index is 0.146. The third-order valence-electron chi connectivity index (χ3n) is 2.91. The number of sulfone groups is 1. The summed E-state index contributed by atoms with van der Waals surface area (Å²) >= 11 is 3.33. The molecule has 0 saturated heterocycles. The van der Waals surface area contributed by atoms with Crippen LogP contribution in [0, 0.1) is 0 Å². The molecule has 2 N–H and O–H groups in total. The van der Waals surface area contributed by atoms with Gasteiger partial charge in [-0.3, -0.25) is 0 Å². The third kappa shape index (κ3) is 3.13. The van der Waals surface area contributed by atoms with Gasteiger partial charge in [-0.1, -0.05) is 22.0 Å². The van der Waals surface area contributed by atoms with Crippen molar-refractivity contribution >= 4 is 31.5 Å². The topological polar surface area (TPSA) is 69.4 Å². The van der Waals surface area contributed by atoms with Gasteiger partial charge in [0, 0.05) is 15.7 Å². The van der Waals surface area contributed by atoms with E-state index in [1.165, 1.54) is 19.2 Å². The summed E-state index contributed by atoms with van der Waals surface area (Å²) in [5.41, 5.74) is 6.87. The fourth-order valence-corrected chi connectivity index (χ4v) is 3.91. The molecule has 0 spiro atoms. The van der Waals surface area contributed by atoms with Crippen molar-refractivity contribution in [1.29, 1.82) is 0 Å². The van der Waals surface area contributed by atoms with E-state index in [0.717, 1.165) is 0 Å². The zero-order valence-electron chi connectivity index (χ0n) is 10.8. The van der Waals surface area contributed by atoms with Gasteiger partial charge in [-0.05, 0) is 36.4 Å². The minimum Gasteiger partial charge on any atom is -0.497 e. The molecule has 0 aliphatic rings. The molecule has 0 saturated carbocycles. The zero-order valence-corrected chi connectivity index (χ0v) is 13.2. The highest BCUT2D eigenvalue weighted by Crippen LogP contribution is 2.27. The molecule has 0 fully saturated rings. The largest absolute Gasteiger partial charge is 0.497 e. The second-order valence-electron chi connectivity index (χ2n) is 4.24. The number of nitrogen functional groups attached to an aromatic ring is 1. The summed E-state index contributed by atoms with van der Waals surface area (Å²) in [4.78, 5) is 0.244. The van der Waals surface area contributed by atoms with Gasteiger partial charge in [0.25, 0.3) is 0 Å². The average Bonchev–Trinajstić information content (AvgIpc) is 2.43. The number of nitrogens with two attached hydrogens (primary N) is 1. The van der Waals surface area contributed by atoms with Crippen LogP contribution in [0.1, 0.15) is 5.56 Å². The van der Waals surface area contributed by atoms with Crippen LogP contribution in [0.3, 0.4) is 0 Å². The molecule has 2 aromatic carbocycles. The maximum absolute atomic E-state index is 12.4. The van der Waals surface area contributed by atoms with Crippen molar-refractivity contribution in [1.82, 2.24) is 0 Å². The molecule has 0 aromatic heterocycles. The fourth-order valence-electron chi connectivity index (χ4n) is 1.78. The molecule has 6 heteroatoms. The van der Waals surface area contributed by atoms with Crippen LogP contribution in [0.4, 0.5) is 5.69 Å². The van der Waals surface area contributed by atoms with E-state index in [0.29, 0.717) is 21.5 Å². The van der Waals surface area contributed by atoms with Crippen molar-refractivity contribution in [2.45, 2.75) is 10.6 Å². The van der Waals surface area contributed by atoms with E-state index in [1.807, 2.05) is 0 Å². The van der Waals surface area contributed by atoms with Crippen LogP contribution in [0.2, 0.25) is 0 Å². The molecule has 20 heavy (non-hydrogen) atoms. The van der Waals surface area contributed by atoms with Crippen LogP contribution in [0.25, 0.3) is 0 Å². The van der Waals surface area contributed by atoms with Crippen molar-refractivity contribution in [3.63, 3.8) is 0 Å². The first-order valence-corrected chi connectivity index (χ1v) is 8.28. The van der Waals surface area contributed by atoms with Crippen LogP contribution < -0.4 is 10.5 Å². The van der Waals surface area contributed by atoms with Gasteiger partial charge in [0.15, 0.2) is 9.84 Å². The number of methoxy groups -OCH3 is 1. The number of hydrogen-bond donors (Lipinski definition) is 1. The van der Waals surface area contributed by atoms with E-state index in [1.54, 1.807) is 30.3 Å². The molecule has 0 heterocycles. The van der Waals surface area contributed by atoms with Gasteiger partial charge in [0.05, 0.1) is 17.8 Å². The molecule has 0 atom stereocenters. The van der Waals surface area contributed by atoms with Gasteiger partial charge in [-0.2, -0.15) is 0 Å². The Morgan fingerprint density at radius 3 is 2.35 bits per heavy atom. The maximum atomic E-state index is 12.4. The molecule has 2 aromatic rings. The summed E-state index contributed by atoms with van der Waals surface area (Å²) in [6.07, 6.45) is 0. The lowest BCUT2D eigenvalue weighted by Gasteiger charge is -2.09. The van der Waals surface area contributed by atoms with Gasteiger partial charge in [-0.15, -0.1) is 0 Å². The van der Waals surface area contributed by atoms with E-state index >= 15 is 0 Å². The number of anilines is 1. The van der Waals surface area contributed by atoms with Crippen LogP contribution in [0.15, 0.2) is 51.8 Å². The molecule has 0 aliphatic carbocycles. The highest BCUT2D eigenvalue weighted by Gasteiger charge is 2.18. The summed E-state index contributed by atoms with van der Waals surface area (Å²) in [5.74, 6) is 0.469. The molecule has 0 unspecified atom stereocenters. The smallest absolute Gasteiger partial charge is 0.182 e. The number of ether oxygens (including phenoxy) is 1. The molecule has 0 bridgehead atoms. The Labute approximate surface area is 126 Å². The lowest BCUT2D eigenvalue weighted by atomic mass is 10.2. The van der Waals surface area contributed by atoms with Crippen molar-refractivity contribution in [3.8, 4) is 5.75 Å². The van der Waals surface area contributed by atoms with E-state index in [-0.39, 0.29) is 10.6 Å². The van der Waals surface area contributed by atoms with E-state index in [2.05, 4.69) is 15.9 Å². The van der Waals surface area contributed by atoms with Gasteiger partial charge >= 0.3 is 0 Å². The molecule has 0 aliphatic heterocycles. The summed E-state index contributed by atoms with van der Waals surface area (Å²) in [6, 6.07) is 11.5. The Morgan fingerprint density at radius 2 is 1.80 bits per heavy atom. The molecule has 0 amide bonds. The fraction of sp³-hybridized carbons (Fsp3) is 0.143. The predicted octanol–water partition coefficient (Wildman–Crippen LogP) is 3.01. The van der Waals surface area contributed by atoms with Gasteiger partial charge in [-0.25, -0.2) is 8.42 Å². The summed E-state index contributed by atoms with van der Waals surface area (Å²) in [7, 11) is -1.92. The standard InChI is InChI=1S/C14H14BrNO3S/c1-19-10-5-7-11(8-6-10)20(17,18)9-12-13(15)3-2-4-14(12)16/h2-8H,9,16H2,1H3. The van der Waals surface area contributed by atoms with Gasteiger partial charge in [0.1, 0.15) is 5.75 Å². The average molecular weight is 356 g/mol. The van der Waals surface area contributed by atoms with Crippen molar-refractivity contribution in [2.24, 2.45) is 0 Å². The lowest BCUT2D eigenvalue weighted by molar-refractivity contribution is 0.414. The predicted molar refractivity (Wildman–Crippen MR) is 82.4 cm³/mol. The first-order valence-electron chi connectivity index (χ1n) is 5.84. The highest BCUT2D eigenvalue weighted by molar-refractivity contribution is 9.10. The second-order valence-corrected chi connectivity index (χ2v) is 7.09. The minimum atomic E-state index is -3.45. The number of benzene rings is 2. The normalized spacial score (nSPS) is 11.3. The molecular weight excluding hydrogens is 342 g/mol. The summed E-state index contributed by atoms with van der Waals surface area (Å²) < 4.78 is 30.5. The first-order chi connectivity index (χ1) is 9.44. The third-order valence-corrected chi connectivity index (χ3v) is 5.31. The Bertz CT molecular complexity index is 691. The molecule has 2 rings (SSSR count). The molecule has 4 nitrogen and oxygen atoms in total. The highest BCUT2D eigenvalue weighted by atomic mass is 79.9. The van der Waals surface area contributed by atoms with Crippen molar-refractivity contribution < 1.29 is 13.2 Å². The summed E-state index contributed by atoms with van der Waals surface area (Å²) in [5, 5.41) is 0. The SMILES string of the molecule is COc1ccc(S(=O)(=O)Cc2c(N)cccc2Br)cc1. The molecule has 0 radical (unpaired) electrons. The lowest BCUT2D eigenvalue weighted by Crippen LogP contribution is -2.07. The Balaban J connectivity index is 2.35. The van der Waals surface area contributed by atoms with Gasteiger partial charge < -0.3 is 10.5 Å². The van der Waals surface area contributed by atoms with Crippen LogP contribution in [-0.4, -0.2) is 15.5 Å². The van der Waals surface area contributed by atoms with Gasteiger partial charge in [0.2, 0.25) is 0 Å². The Kier molecular flexibility index (Phi) is 4.35. The quantitative estimate of drug-likeness (QED) is 0.855. The Hall–Kier alpha value is -1.53. The van der Waals surface area contributed by atoms with E-state index < -0.39 is 9.84 Å². The number of halogens is 1. The molecular formula is C14H14BrNO3S. The zero-order chi connectivity index (χ0) is 14.8. The summed E-state index contributed by atoms with van der Waals surface area (Å²) in [6.45, 7) is 0. The Morgan fingerprint density at radius 1 is 1.15 bits per heavy atom. The van der Waals surface area contributed by atoms with Crippen molar-refractivity contribution in [2.75, 3.05) is 12.8 Å². The number of hydrogen-bond acceptors (Lipinski definition) is 4.